The van der Waals surface area contributed by atoms with Gasteiger partial charge in [-0.3, -0.25) is 9.48 Å². The van der Waals surface area contributed by atoms with Crippen LogP contribution in [0.5, 0.6) is 5.75 Å². The van der Waals surface area contributed by atoms with Crippen molar-refractivity contribution in [1.82, 2.24) is 29.6 Å². The van der Waals surface area contributed by atoms with E-state index in [1.807, 2.05) is 14.0 Å². The van der Waals surface area contributed by atoms with Gasteiger partial charge in [-0.25, -0.2) is 14.4 Å². The average Bonchev–Trinajstić information content (AvgIpc) is 3.17. The first-order valence-electron chi connectivity index (χ1n) is 11.0. The monoisotopic (exact) mass is 480 g/mol. The van der Waals surface area contributed by atoms with Gasteiger partial charge in [0.1, 0.15) is 30.4 Å². The molecule has 11 nitrogen and oxygen atoms in total. The van der Waals surface area contributed by atoms with Crippen LogP contribution in [0.3, 0.4) is 0 Å². The normalized spacial score (nSPS) is 18.6. The summed E-state index contributed by atoms with van der Waals surface area (Å²) in [6.07, 6.45) is -0.183. The maximum Gasteiger partial charge on any atom is 0.251 e. The summed E-state index contributed by atoms with van der Waals surface area (Å²) >= 11 is 0. The Morgan fingerprint density at radius 3 is 2.86 bits per heavy atom. The summed E-state index contributed by atoms with van der Waals surface area (Å²) in [4.78, 5) is 26.0. The van der Waals surface area contributed by atoms with Crippen molar-refractivity contribution in [3.05, 3.63) is 42.0 Å². The van der Waals surface area contributed by atoms with E-state index in [4.69, 9.17) is 4.74 Å². The third-order valence-corrected chi connectivity index (χ3v) is 5.84. The Hall–Kier alpha value is -4.11. The number of hydrogen-bond donors (Lipinski definition) is 2. The number of alkyl halides is 1. The number of aliphatic hydroxyl groups excluding tert-OH is 1. The van der Waals surface area contributed by atoms with E-state index in [2.05, 4.69) is 31.4 Å². The molecule has 1 fully saturated rings. The van der Waals surface area contributed by atoms with Gasteiger partial charge in [-0.1, -0.05) is 0 Å². The third kappa shape index (κ3) is 5.20. The van der Waals surface area contributed by atoms with Gasteiger partial charge in [-0.15, -0.1) is 0 Å². The summed E-state index contributed by atoms with van der Waals surface area (Å²) in [6.45, 7) is 3.34. The number of piperidine rings is 1. The van der Waals surface area contributed by atoms with Crippen LogP contribution in [0.1, 0.15) is 24.6 Å². The number of nitrogens with zero attached hydrogens (tertiary/aromatic N) is 7. The predicted molar refractivity (Wildman–Crippen MR) is 123 cm³/mol. The van der Waals surface area contributed by atoms with E-state index in [0.717, 1.165) is 11.4 Å². The quantitative estimate of drug-likeness (QED) is 0.541. The van der Waals surface area contributed by atoms with Crippen molar-refractivity contribution >= 4 is 17.5 Å². The Labute approximate surface area is 201 Å². The van der Waals surface area contributed by atoms with Crippen molar-refractivity contribution in [3.63, 3.8) is 0 Å². The summed E-state index contributed by atoms with van der Waals surface area (Å²) < 4.78 is 22.3. The van der Waals surface area contributed by atoms with Gasteiger partial charge in [0.25, 0.3) is 5.91 Å². The Kier molecular flexibility index (Phi) is 6.88. The van der Waals surface area contributed by atoms with Crippen LogP contribution < -0.4 is 10.1 Å². The number of likely N-dealkylation sites (tertiary alicyclic amines) is 1. The number of nitrogens with one attached hydrogen (secondary N) is 1. The highest BCUT2D eigenvalue weighted by Crippen LogP contribution is 2.28. The summed E-state index contributed by atoms with van der Waals surface area (Å²) in [5.74, 6) is 0.389. The molecule has 1 aliphatic heterocycles. The molecular weight excluding hydrogens is 455 g/mol. The zero-order chi connectivity index (χ0) is 25.1. The average molecular weight is 481 g/mol. The van der Waals surface area contributed by atoms with Gasteiger partial charge in [0.15, 0.2) is 12.0 Å². The minimum Gasteiger partial charge on any atom is -0.486 e. The number of hydrogen-bond acceptors (Lipinski definition) is 9. The Morgan fingerprint density at radius 1 is 1.40 bits per heavy atom. The topological polar surface area (TPSA) is 142 Å². The van der Waals surface area contributed by atoms with Crippen molar-refractivity contribution in [2.75, 3.05) is 18.4 Å². The number of carbonyl (C=O) groups excluding carboxylic acids is 1. The molecule has 3 aromatic rings. The number of amides is 1. The highest BCUT2D eigenvalue weighted by atomic mass is 19.1. The fraction of sp³-hybridized carbons (Fsp3) is 0.391. The lowest BCUT2D eigenvalue weighted by Gasteiger charge is -2.35. The van der Waals surface area contributed by atoms with Gasteiger partial charge in [0.2, 0.25) is 5.95 Å². The summed E-state index contributed by atoms with van der Waals surface area (Å²) in [6, 6.07) is 6.91. The Balaban J connectivity index is 1.49. The lowest BCUT2D eigenvalue weighted by atomic mass is 10.0. The summed E-state index contributed by atoms with van der Waals surface area (Å²) in [5.41, 5.74) is 2.44. The van der Waals surface area contributed by atoms with E-state index in [1.54, 1.807) is 29.1 Å². The van der Waals surface area contributed by atoms with Crippen LogP contribution >= 0.6 is 0 Å². The second kappa shape index (κ2) is 10.0. The van der Waals surface area contributed by atoms with E-state index >= 15 is 0 Å². The van der Waals surface area contributed by atoms with Gasteiger partial charge in [-0.2, -0.15) is 15.3 Å². The number of nitriles is 1. The number of carbonyl (C=O) groups is 1. The van der Waals surface area contributed by atoms with Crippen molar-refractivity contribution in [2.45, 2.75) is 38.6 Å². The zero-order valence-corrected chi connectivity index (χ0v) is 19.5. The van der Waals surface area contributed by atoms with Gasteiger partial charge in [0, 0.05) is 25.6 Å². The number of ether oxygens (including phenoxy) is 1. The molecule has 2 aromatic heterocycles. The fourth-order valence-corrected chi connectivity index (χ4v) is 3.74. The number of aryl methyl sites for hydroxylation is 1. The van der Waals surface area contributed by atoms with Gasteiger partial charge in [-0.05, 0) is 32.0 Å². The van der Waals surface area contributed by atoms with Crippen LogP contribution in [0.15, 0.2) is 30.7 Å². The molecule has 0 spiro atoms. The largest absolute Gasteiger partial charge is 0.486 e. The van der Waals surface area contributed by atoms with Crippen LogP contribution in [0.2, 0.25) is 0 Å². The molecule has 1 aliphatic rings. The molecule has 182 valence electrons. The Bertz CT molecular complexity index is 1270. The second-order valence-electron chi connectivity index (χ2n) is 8.27. The molecule has 1 unspecified atom stereocenters. The highest BCUT2D eigenvalue weighted by molar-refractivity contribution is 5.80. The number of rotatable bonds is 6. The molecule has 1 aromatic carbocycles. The molecule has 2 N–H and O–H groups in total. The fourth-order valence-electron chi connectivity index (χ4n) is 3.74. The molecule has 0 saturated carbocycles. The number of halogens is 1. The van der Waals surface area contributed by atoms with Crippen LogP contribution in [0.25, 0.3) is 11.4 Å². The van der Waals surface area contributed by atoms with Crippen molar-refractivity contribution in [1.29, 1.82) is 5.26 Å². The standard InChI is InChI=1S/C23H25FN8O3/c1-13-18(10-28-31(13)3)29-23-27-12-26-21(30-23)15-4-5-19(16(8-15)9-25)35-20-6-7-32(11-17(20)24)22(34)14(2)33/h4-5,8,10,12,14,17,20,33H,6-7,11H2,1-3H3,(H,26,27,29,30)/t14?,17-,20+/m1/s1. The van der Waals surface area contributed by atoms with Crippen LogP contribution in [0.4, 0.5) is 16.0 Å². The minimum absolute atomic E-state index is 0.175. The number of anilines is 2. The SMILES string of the molecule is Cc1c(Nc2ncnc(-c3ccc(O[C@H]4CCN(C(=O)C(C)O)C[C@H]4F)c(C#N)c3)n2)cnn1C. The first kappa shape index (κ1) is 24.0. The number of aromatic nitrogens is 5. The third-order valence-electron chi connectivity index (χ3n) is 5.84. The lowest BCUT2D eigenvalue weighted by Crippen LogP contribution is -2.51. The molecule has 0 bridgehead atoms. The molecule has 3 atom stereocenters. The first-order valence-corrected chi connectivity index (χ1v) is 11.0. The van der Waals surface area contributed by atoms with E-state index in [1.165, 1.54) is 18.2 Å². The molecule has 4 rings (SSSR count). The minimum atomic E-state index is -1.45. The maximum atomic E-state index is 14.7. The molecule has 12 heteroatoms. The molecule has 1 amide bonds. The van der Waals surface area contributed by atoms with Crippen molar-refractivity contribution in [2.24, 2.45) is 7.05 Å². The predicted octanol–water partition coefficient (Wildman–Crippen LogP) is 1.89. The van der Waals surface area contributed by atoms with Crippen molar-refractivity contribution in [3.8, 4) is 23.2 Å². The molecule has 3 heterocycles. The van der Waals surface area contributed by atoms with Crippen molar-refractivity contribution < 1.29 is 19.0 Å². The molecule has 0 radical (unpaired) electrons. The van der Waals surface area contributed by atoms with Gasteiger partial charge < -0.3 is 20.1 Å². The van der Waals surface area contributed by atoms with E-state index in [0.29, 0.717) is 17.3 Å². The molecular formula is C23H25FN8O3. The highest BCUT2D eigenvalue weighted by Gasteiger charge is 2.34. The van der Waals surface area contributed by atoms with E-state index in [-0.39, 0.29) is 30.8 Å². The maximum absolute atomic E-state index is 14.7. The first-order chi connectivity index (χ1) is 16.8. The summed E-state index contributed by atoms with van der Waals surface area (Å²) in [5, 5.41) is 26.4. The molecule has 0 aliphatic carbocycles. The molecule has 1 saturated heterocycles. The van der Waals surface area contributed by atoms with Gasteiger partial charge >= 0.3 is 0 Å². The van der Waals surface area contributed by atoms with E-state index in [9.17, 15) is 19.6 Å². The van der Waals surface area contributed by atoms with Crippen LogP contribution in [-0.2, 0) is 11.8 Å². The lowest BCUT2D eigenvalue weighted by molar-refractivity contribution is -0.143. The Morgan fingerprint density at radius 2 is 2.20 bits per heavy atom. The van der Waals surface area contributed by atoms with E-state index < -0.39 is 24.3 Å². The van der Waals surface area contributed by atoms with Crippen LogP contribution in [0, 0.1) is 18.3 Å². The number of benzene rings is 1. The van der Waals surface area contributed by atoms with Crippen LogP contribution in [-0.4, -0.2) is 72.1 Å². The summed E-state index contributed by atoms with van der Waals surface area (Å²) in [7, 11) is 1.83. The molecule has 35 heavy (non-hydrogen) atoms. The van der Waals surface area contributed by atoms with Gasteiger partial charge in [0.05, 0.1) is 29.7 Å². The zero-order valence-electron chi connectivity index (χ0n) is 19.5. The second-order valence-corrected chi connectivity index (χ2v) is 8.27. The smallest absolute Gasteiger partial charge is 0.251 e. The number of aliphatic hydroxyl groups is 1.